The van der Waals surface area contributed by atoms with E-state index < -0.39 is 0 Å². The number of hydrogen-bond donors (Lipinski definition) is 2. The average Bonchev–Trinajstić information content (AvgIpc) is 2.93. The monoisotopic (exact) mass is 330 g/mol. The fourth-order valence-electron chi connectivity index (χ4n) is 2.39. The van der Waals surface area contributed by atoms with Crippen LogP contribution in [0.1, 0.15) is 39.8 Å². The summed E-state index contributed by atoms with van der Waals surface area (Å²) in [6.07, 6.45) is 2.29. The number of benzene rings is 1. The lowest BCUT2D eigenvalue weighted by Crippen LogP contribution is -2.27. The minimum Gasteiger partial charge on any atom is -0.496 e. The third-order valence-electron chi connectivity index (χ3n) is 3.69. The number of methoxy groups -OCH3 is 1. The standard InChI is InChI=1S/C17H22N4O3/c1-5-9-18-17(23)15-13(10-19-21(15)3)20-16(22)12-7-6-8-14(24-4)11(12)2/h6-8,10H,5,9H2,1-4H3,(H,18,23)(H,20,22). The molecule has 0 aliphatic carbocycles. The van der Waals surface area contributed by atoms with Crippen LogP contribution in [0.25, 0.3) is 0 Å². The van der Waals surface area contributed by atoms with E-state index in [2.05, 4.69) is 15.7 Å². The third-order valence-corrected chi connectivity index (χ3v) is 3.69. The summed E-state index contributed by atoms with van der Waals surface area (Å²) in [5, 5.41) is 9.61. The lowest BCUT2D eigenvalue weighted by molar-refractivity contribution is 0.0945. The van der Waals surface area contributed by atoms with Gasteiger partial charge in [0, 0.05) is 24.7 Å². The van der Waals surface area contributed by atoms with E-state index in [1.54, 1.807) is 32.4 Å². The quantitative estimate of drug-likeness (QED) is 0.850. The molecule has 0 fully saturated rings. The molecule has 0 aliphatic rings. The van der Waals surface area contributed by atoms with Gasteiger partial charge in [-0.15, -0.1) is 0 Å². The van der Waals surface area contributed by atoms with Crippen LogP contribution in [-0.4, -0.2) is 35.2 Å². The van der Waals surface area contributed by atoms with Crippen LogP contribution in [0.5, 0.6) is 5.75 Å². The number of amides is 2. The number of aromatic nitrogens is 2. The maximum absolute atomic E-state index is 12.6. The molecule has 0 aliphatic heterocycles. The van der Waals surface area contributed by atoms with Crippen molar-refractivity contribution in [3.8, 4) is 5.75 Å². The predicted molar refractivity (Wildman–Crippen MR) is 91.5 cm³/mol. The molecule has 1 aromatic carbocycles. The van der Waals surface area contributed by atoms with Gasteiger partial charge in [0.2, 0.25) is 0 Å². The summed E-state index contributed by atoms with van der Waals surface area (Å²) in [6, 6.07) is 5.25. The highest BCUT2D eigenvalue weighted by molar-refractivity contribution is 6.09. The van der Waals surface area contributed by atoms with E-state index in [0.717, 1.165) is 12.0 Å². The van der Waals surface area contributed by atoms with Crippen molar-refractivity contribution >= 4 is 17.5 Å². The molecular weight excluding hydrogens is 308 g/mol. The first-order valence-electron chi connectivity index (χ1n) is 7.74. The smallest absolute Gasteiger partial charge is 0.271 e. The number of aryl methyl sites for hydroxylation is 1. The van der Waals surface area contributed by atoms with Crippen LogP contribution in [0, 0.1) is 6.92 Å². The molecule has 7 heteroatoms. The fraction of sp³-hybridized carbons (Fsp3) is 0.353. The summed E-state index contributed by atoms with van der Waals surface area (Å²) in [5.74, 6) is 0.0493. The summed E-state index contributed by atoms with van der Waals surface area (Å²) in [6.45, 7) is 4.34. The molecule has 0 unspecified atom stereocenters. The first-order valence-corrected chi connectivity index (χ1v) is 7.74. The number of nitrogens with one attached hydrogen (secondary N) is 2. The van der Waals surface area contributed by atoms with Crippen molar-refractivity contribution < 1.29 is 14.3 Å². The van der Waals surface area contributed by atoms with Crippen molar-refractivity contribution in [2.75, 3.05) is 19.0 Å². The number of rotatable bonds is 6. The predicted octanol–water partition coefficient (Wildman–Crippen LogP) is 2.13. The number of hydrogen-bond acceptors (Lipinski definition) is 4. The minimum absolute atomic E-state index is 0.269. The molecule has 0 atom stereocenters. The Morgan fingerprint density at radius 2 is 2.04 bits per heavy atom. The Labute approximate surface area is 141 Å². The number of ether oxygens (including phenoxy) is 1. The molecule has 0 saturated carbocycles. The van der Waals surface area contributed by atoms with Gasteiger partial charge in [-0.2, -0.15) is 5.10 Å². The zero-order valence-electron chi connectivity index (χ0n) is 14.3. The second-order valence-corrected chi connectivity index (χ2v) is 5.37. The average molecular weight is 330 g/mol. The molecule has 128 valence electrons. The summed E-state index contributed by atoms with van der Waals surface area (Å²) in [7, 11) is 3.22. The maximum Gasteiger partial charge on any atom is 0.271 e. The van der Waals surface area contributed by atoms with E-state index in [1.807, 2.05) is 13.8 Å². The van der Waals surface area contributed by atoms with Crippen LogP contribution in [0.15, 0.2) is 24.4 Å². The molecule has 1 aromatic heterocycles. The van der Waals surface area contributed by atoms with E-state index in [9.17, 15) is 9.59 Å². The Morgan fingerprint density at radius 1 is 1.29 bits per heavy atom. The summed E-state index contributed by atoms with van der Waals surface area (Å²) >= 11 is 0. The lowest BCUT2D eigenvalue weighted by Gasteiger charge is -2.11. The Kier molecular flexibility index (Phi) is 5.57. The molecule has 7 nitrogen and oxygen atoms in total. The zero-order chi connectivity index (χ0) is 17.7. The van der Waals surface area contributed by atoms with Gasteiger partial charge in [-0.25, -0.2) is 0 Å². The topological polar surface area (TPSA) is 85.2 Å². The molecule has 2 amide bonds. The lowest BCUT2D eigenvalue weighted by atomic mass is 10.1. The highest BCUT2D eigenvalue weighted by Gasteiger charge is 2.20. The van der Waals surface area contributed by atoms with Crippen molar-refractivity contribution in [3.63, 3.8) is 0 Å². The first-order chi connectivity index (χ1) is 11.5. The Hall–Kier alpha value is -2.83. The van der Waals surface area contributed by atoms with Gasteiger partial charge in [0.1, 0.15) is 11.4 Å². The van der Waals surface area contributed by atoms with Crippen molar-refractivity contribution in [1.82, 2.24) is 15.1 Å². The summed E-state index contributed by atoms with van der Waals surface area (Å²) in [4.78, 5) is 24.8. The molecular formula is C17H22N4O3. The van der Waals surface area contributed by atoms with Crippen molar-refractivity contribution in [3.05, 3.63) is 41.2 Å². The largest absolute Gasteiger partial charge is 0.496 e. The number of nitrogens with zero attached hydrogens (tertiary/aromatic N) is 2. The number of anilines is 1. The van der Waals surface area contributed by atoms with Crippen molar-refractivity contribution in [1.29, 1.82) is 0 Å². The Bertz CT molecular complexity index is 752. The van der Waals surface area contributed by atoms with Crippen LogP contribution in [-0.2, 0) is 7.05 Å². The minimum atomic E-state index is -0.316. The second-order valence-electron chi connectivity index (χ2n) is 5.37. The molecule has 24 heavy (non-hydrogen) atoms. The van der Waals surface area contributed by atoms with E-state index in [0.29, 0.717) is 29.2 Å². The highest BCUT2D eigenvalue weighted by Crippen LogP contribution is 2.22. The maximum atomic E-state index is 12.6. The van der Waals surface area contributed by atoms with Crippen LogP contribution in [0.2, 0.25) is 0 Å². The van der Waals surface area contributed by atoms with Crippen molar-refractivity contribution in [2.45, 2.75) is 20.3 Å². The molecule has 0 spiro atoms. The van der Waals surface area contributed by atoms with Gasteiger partial charge >= 0.3 is 0 Å². The molecule has 2 aromatic rings. The SMILES string of the molecule is CCCNC(=O)c1c(NC(=O)c2cccc(OC)c2C)cnn1C. The molecule has 1 heterocycles. The van der Waals surface area contributed by atoms with Gasteiger partial charge in [-0.3, -0.25) is 14.3 Å². The van der Waals surface area contributed by atoms with Crippen LogP contribution in [0.3, 0.4) is 0 Å². The van der Waals surface area contributed by atoms with Gasteiger partial charge in [-0.1, -0.05) is 13.0 Å². The zero-order valence-corrected chi connectivity index (χ0v) is 14.3. The van der Waals surface area contributed by atoms with Gasteiger partial charge in [0.05, 0.1) is 19.0 Å². The fourth-order valence-corrected chi connectivity index (χ4v) is 2.39. The highest BCUT2D eigenvalue weighted by atomic mass is 16.5. The number of carbonyl (C=O) groups is 2. The molecule has 2 rings (SSSR count). The molecule has 0 saturated heterocycles. The van der Waals surface area contributed by atoms with E-state index in [1.165, 1.54) is 10.9 Å². The Balaban J connectivity index is 2.26. The summed E-state index contributed by atoms with van der Waals surface area (Å²) in [5.41, 5.74) is 1.91. The van der Waals surface area contributed by atoms with Crippen LogP contribution < -0.4 is 15.4 Å². The van der Waals surface area contributed by atoms with Gasteiger partial charge in [0.15, 0.2) is 0 Å². The van der Waals surface area contributed by atoms with Crippen molar-refractivity contribution in [2.24, 2.45) is 7.05 Å². The van der Waals surface area contributed by atoms with Gasteiger partial charge < -0.3 is 15.4 Å². The van der Waals surface area contributed by atoms with Crippen LogP contribution >= 0.6 is 0 Å². The molecule has 2 N–H and O–H groups in total. The van der Waals surface area contributed by atoms with Gasteiger partial charge in [-0.05, 0) is 25.5 Å². The van der Waals surface area contributed by atoms with E-state index in [4.69, 9.17) is 4.74 Å². The molecule has 0 radical (unpaired) electrons. The summed E-state index contributed by atoms with van der Waals surface area (Å²) < 4.78 is 6.68. The van der Waals surface area contributed by atoms with E-state index in [-0.39, 0.29) is 11.8 Å². The number of carbonyl (C=O) groups excluding carboxylic acids is 2. The van der Waals surface area contributed by atoms with Gasteiger partial charge in [0.25, 0.3) is 11.8 Å². The second kappa shape index (κ2) is 7.63. The van der Waals surface area contributed by atoms with Crippen LogP contribution in [0.4, 0.5) is 5.69 Å². The Morgan fingerprint density at radius 3 is 2.71 bits per heavy atom. The normalized spacial score (nSPS) is 10.3. The van der Waals surface area contributed by atoms with E-state index >= 15 is 0 Å². The first kappa shape index (κ1) is 17.5. The molecule has 0 bridgehead atoms. The third kappa shape index (κ3) is 3.56.